The van der Waals surface area contributed by atoms with Crippen molar-refractivity contribution in [1.29, 1.82) is 0 Å². The molecule has 0 radical (unpaired) electrons. The van der Waals surface area contributed by atoms with Crippen molar-refractivity contribution < 1.29 is 4.79 Å². The van der Waals surface area contributed by atoms with Gasteiger partial charge in [0.15, 0.2) is 0 Å². The van der Waals surface area contributed by atoms with Gasteiger partial charge in [0.25, 0.3) is 0 Å². The monoisotopic (exact) mass is 287 g/mol. The average molecular weight is 287 g/mol. The first-order chi connectivity index (χ1) is 10.2. The molecule has 0 saturated heterocycles. The number of amides is 1. The van der Waals surface area contributed by atoms with Crippen LogP contribution in [0.3, 0.4) is 0 Å². The van der Waals surface area contributed by atoms with Crippen LogP contribution < -0.4 is 11.1 Å². The Labute approximate surface area is 126 Å². The first-order valence-electron chi connectivity index (χ1n) is 8.09. The third-order valence-corrected chi connectivity index (χ3v) is 4.56. The molecule has 0 heterocycles. The van der Waals surface area contributed by atoms with Gasteiger partial charge in [-0.15, -0.1) is 0 Å². The predicted octanol–water partition coefficient (Wildman–Crippen LogP) is 2.29. The van der Waals surface area contributed by atoms with Crippen molar-refractivity contribution in [3.8, 4) is 0 Å². The molecule has 0 aromatic heterocycles. The summed E-state index contributed by atoms with van der Waals surface area (Å²) in [4.78, 5) is 14.5. The van der Waals surface area contributed by atoms with Crippen molar-refractivity contribution >= 4 is 11.6 Å². The van der Waals surface area contributed by atoms with Gasteiger partial charge in [-0.2, -0.15) is 0 Å². The van der Waals surface area contributed by atoms with E-state index in [0.717, 1.165) is 30.6 Å². The minimum absolute atomic E-state index is 0.170. The maximum Gasteiger partial charge on any atom is 0.234 e. The van der Waals surface area contributed by atoms with Crippen LogP contribution >= 0.6 is 0 Å². The lowest BCUT2D eigenvalue weighted by atomic mass is 10.1. The summed E-state index contributed by atoms with van der Waals surface area (Å²) in [5, 5.41) is 3.18. The van der Waals surface area contributed by atoms with Crippen molar-refractivity contribution in [3.05, 3.63) is 29.8 Å². The molecule has 1 amide bonds. The second kappa shape index (κ2) is 6.48. The molecule has 4 nitrogen and oxygen atoms in total. The van der Waals surface area contributed by atoms with Crippen molar-refractivity contribution in [2.24, 2.45) is 0 Å². The molecule has 0 bridgehead atoms. The first kappa shape index (κ1) is 14.4. The number of carbonyl (C=O) groups is 1. The molecule has 114 valence electrons. The highest BCUT2D eigenvalue weighted by Crippen LogP contribution is 2.29. The summed E-state index contributed by atoms with van der Waals surface area (Å²) in [5.41, 5.74) is 7.97. The van der Waals surface area contributed by atoms with Crippen molar-refractivity contribution in [2.75, 3.05) is 12.3 Å². The fourth-order valence-corrected chi connectivity index (χ4v) is 3.18. The van der Waals surface area contributed by atoms with Gasteiger partial charge in [0.2, 0.25) is 5.91 Å². The van der Waals surface area contributed by atoms with E-state index in [-0.39, 0.29) is 5.91 Å². The van der Waals surface area contributed by atoms with Gasteiger partial charge in [-0.1, -0.05) is 31.0 Å². The number of nitrogens with two attached hydrogens (primary N) is 1. The first-order valence-corrected chi connectivity index (χ1v) is 8.09. The quantitative estimate of drug-likeness (QED) is 0.789. The minimum atomic E-state index is 0.170. The highest BCUT2D eigenvalue weighted by Gasteiger charge is 2.31. The van der Waals surface area contributed by atoms with E-state index in [2.05, 4.69) is 16.3 Å². The summed E-state index contributed by atoms with van der Waals surface area (Å²) in [6.45, 7) is 1.27. The van der Waals surface area contributed by atoms with Gasteiger partial charge >= 0.3 is 0 Å². The smallest absolute Gasteiger partial charge is 0.234 e. The van der Waals surface area contributed by atoms with Gasteiger partial charge < -0.3 is 11.1 Å². The van der Waals surface area contributed by atoms with Crippen LogP contribution in [0.4, 0.5) is 5.69 Å². The molecule has 0 unspecified atom stereocenters. The second-order valence-electron chi connectivity index (χ2n) is 6.38. The zero-order valence-electron chi connectivity index (χ0n) is 12.6. The van der Waals surface area contributed by atoms with E-state index >= 15 is 0 Å². The summed E-state index contributed by atoms with van der Waals surface area (Å²) >= 11 is 0. The van der Waals surface area contributed by atoms with E-state index in [4.69, 9.17) is 5.73 Å². The molecule has 3 N–H and O–H groups in total. The lowest BCUT2D eigenvalue weighted by Gasteiger charge is -2.23. The Morgan fingerprint density at radius 3 is 2.57 bits per heavy atom. The molecule has 4 heteroatoms. The molecule has 2 fully saturated rings. The Balaban J connectivity index is 1.57. The molecule has 2 aliphatic carbocycles. The Morgan fingerprint density at radius 1 is 1.19 bits per heavy atom. The molecule has 2 saturated carbocycles. The minimum Gasteiger partial charge on any atom is -0.398 e. The number of hydrogen-bond donors (Lipinski definition) is 2. The van der Waals surface area contributed by atoms with E-state index in [1.165, 1.54) is 25.7 Å². The summed E-state index contributed by atoms with van der Waals surface area (Å²) in [5.74, 6) is 0.170. The van der Waals surface area contributed by atoms with Crippen molar-refractivity contribution in [3.63, 3.8) is 0 Å². The molecule has 3 rings (SSSR count). The third-order valence-electron chi connectivity index (χ3n) is 4.56. The molecule has 2 aliphatic rings. The molecular weight excluding hydrogens is 262 g/mol. The Morgan fingerprint density at radius 2 is 1.90 bits per heavy atom. The van der Waals surface area contributed by atoms with E-state index in [1.54, 1.807) is 0 Å². The Bertz CT molecular complexity index is 493. The maximum atomic E-state index is 12.2. The molecular formula is C17H25N3O. The van der Waals surface area contributed by atoms with Gasteiger partial charge in [-0.25, -0.2) is 0 Å². The maximum absolute atomic E-state index is 12.2. The van der Waals surface area contributed by atoms with Gasteiger partial charge in [0, 0.05) is 24.3 Å². The fraction of sp³-hybridized carbons (Fsp3) is 0.588. The van der Waals surface area contributed by atoms with E-state index in [1.807, 2.05) is 18.2 Å². The normalized spacial score (nSPS) is 19.1. The second-order valence-corrected chi connectivity index (χ2v) is 6.38. The number of anilines is 1. The number of para-hydroxylation sites is 1. The molecule has 0 spiro atoms. The highest BCUT2D eigenvalue weighted by atomic mass is 16.2. The molecule has 1 aromatic rings. The Kier molecular flexibility index (Phi) is 4.44. The number of benzene rings is 1. The zero-order chi connectivity index (χ0) is 14.7. The summed E-state index contributed by atoms with van der Waals surface area (Å²) in [6, 6.07) is 8.90. The van der Waals surface area contributed by atoms with Crippen LogP contribution in [0.15, 0.2) is 24.3 Å². The number of nitrogens with zero attached hydrogens (tertiary/aromatic N) is 1. The van der Waals surface area contributed by atoms with Gasteiger partial charge in [-0.05, 0) is 37.3 Å². The largest absolute Gasteiger partial charge is 0.398 e. The highest BCUT2D eigenvalue weighted by molar-refractivity contribution is 5.78. The summed E-state index contributed by atoms with van der Waals surface area (Å²) < 4.78 is 0. The topological polar surface area (TPSA) is 58.4 Å². The molecule has 0 aliphatic heterocycles. The Hall–Kier alpha value is -1.55. The number of rotatable bonds is 6. The summed E-state index contributed by atoms with van der Waals surface area (Å²) in [7, 11) is 0. The zero-order valence-corrected chi connectivity index (χ0v) is 12.6. The average Bonchev–Trinajstić information content (AvgIpc) is 3.19. The van der Waals surface area contributed by atoms with Gasteiger partial charge in [0.1, 0.15) is 0 Å². The standard InChI is InChI=1S/C17H25N3O/c18-16-8-4-1-5-13(16)11-20(15-9-10-15)12-17(21)19-14-6-2-3-7-14/h1,4-5,8,14-15H,2-3,6-7,9-12,18H2,(H,19,21). The predicted molar refractivity (Wildman–Crippen MR) is 84.7 cm³/mol. The lowest BCUT2D eigenvalue weighted by molar-refractivity contribution is -0.123. The SMILES string of the molecule is Nc1ccccc1CN(CC(=O)NC1CCCC1)C1CC1. The fourth-order valence-electron chi connectivity index (χ4n) is 3.18. The van der Waals surface area contributed by atoms with Crippen molar-refractivity contribution in [1.82, 2.24) is 10.2 Å². The van der Waals surface area contributed by atoms with Gasteiger partial charge in [-0.3, -0.25) is 9.69 Å². The van der Waals surface area contributed by atoms with Crippen LogP contribution in [0, 0.1) is 0 Å². The van der Waals surface area contributed by atoms with E-state index < -0.39 is 0 Å². The molecule has 21 heavy (non-hydrogen) atoms. The lowest BCUT2D eigenvalue weighted by Crippen LogP contribution is -2.41. The van der Waals surface area contributed by atoms with Crippen LogP contribution in [0.2, 0.25) is 0 Å². The number of nitrogen functional groups attached to an aromatic ring is 1. The van der Waals surface area contributed by atoms with Crippen LogP contribution in [0.25, 0.3) is 0 Å². The number of nitrogens with one attached hydrogen (secondary N) is 1. The molecule has 0 atom stereocenters. The molecule has 1 aromatic carbocycles. The van der Waals surface area contributed by atoms with Crippen LogP contribution in [0.1, 0.15) is 44.1 Å². The number of hydrogen-bond acceptors (Lipinski definition) is 3. The van der Waals surface area contributed by atoms with Crippen LogP contribution in [-0.2, 0) is 11.3 Å². The third kappa shape index (κ3) is 3.97. The summed E-state index contributed by atoms with van der Waals surface area (Å²) in [6.07, 6.45) is 7.17. The van der Waals surface area contributed by atoms with E-state index in [9.17, 15) is 4.79 Å². The van der Waals surface area contributed by atoms with Crippen LogP contribution in [0.5, 0.6) is 0 Å². The van der Waals surface area contributed by atoms with Crippen molar-refractivity contribution in [2.45, 2.75) is 57.2 Å². The van der Waals surface area contributed by atoms with Gasteiger partial charge in [0.05, 0.1) is 6.54 Å². The number of carbonyl (C=O) groups excluding carboxylic acids is 1. The van der Waals surface area contributed by atoms with Crippen LogP contribution in [-0.4, -0.2) is 29.4 Å². The van der Waals surface area contributed by atoms with E-state index in [0.29, 0.717) is 18.6 Å².